The Bertz CT molecular complexity index is 489. The molecular formula is C13H21N5O2. The molecule has 3 amide bonds. The molecule has 110 valence electrons. The second-order valence-electron chi connectivity index (χ2n) is 5.36. The van der Waals surface area contributed by atoms with Crippen molar-refractivity contribution in [3.63, 3.8) is 0 Å². The number of nitrogens with one attached hydrogen (secondary N) is 2. The van der Waals surface area contributed by atoms with Crippen molar-refractivity contribution >= 4 is 17.8 Å². The van der Waals surface area contributed by atoms with Crippen LogP contribution >= 0.6 is 0 Å². The maximum atomic E-state index is 12.1. The zero-order valence-corrected chi connectivity index (χ0v) is 12.1. The first kappa shape index (κ1) is 14.4. The number of hydrogen-bond donors (Lipinski definition) is 2. The highest BCUT2D eigenvalue weighted by Gasteiger charge is 2.28. The minimum atomic E-state index is -0.0572. The Morgan fingerprint density at radius 2 is 2.05 bits per heavy atom. The van der Waals surface area contributed by atoms with E-state index in [-0.39, 0.29) is 17.9 Å². The molecule has 0 radical (unpaired) electrons. The van der Waals surface area contributed by atoms with E-state index in [1.54, 1.807) is 30.0 Å². The molecule has 1 aliphatic rings. The molecule has 0 bridgehead atoms. The van der Waals surface area contributed by atoms with Crippen LogP contribution in [0, 0.1) is 12.8 Å². The number of hydrogen-bond acceptors (Lipinski definition) is 3. The number of rotatable bonds is 2. The number of urea groups is 1. The van der Waals surface area contributed by atoms with Gasteiger partial charge in [-0.25, -0.2) is 4.79 Å². The summed E-state index contributed by atoms with van der Waals surface area (Å²) in [6.45, 7) is 3.12. The molecule has 20 heavy (non-hydrogen) atoms. The minimum absolute atomic E-state index is 0.00628. The number of aryl methyl sites for hydroxylation is 1. The Balaban J connectivity index is 1.84. The van der Waals surface area contributed by atoms with E-state index in [1.165, 1.54) is 0 Å². The van der Waals surface area contributed by atoms with Crippen molar-refractivity contribution in [2.24, 2.45) is 5.92 Å². The van der Waals surface area contributed by atoms with Gasteiger partial charge in [-0.1, -0.05) is 0 Å². The zero-order valence-electron chi connectivity index (χ0n) is 12.1. The van der Waals surface area contributed by atoms with Crippen LogP contribution in [0.3, 0.4) is 0 Å². The predicted octanol–water partition coefficient (Wildman–Crippen LogP) is 1.05. The van der Waals surface area contributed by atoms with Gasteiger partial charge in [-0.05, 0) is 19.8 Å². The molecule has 1 aliphatic heterocycles. The van der Waals surface area contributed by atoms with Gasteiger partial charge in [0.2, 0.25) is 5.91 Å². The number of carbonyl (C=O) groups excluding carboxylic acids is 2. The number of amides is 3. The number of likely N-dealkylation sites (tertiary alicyclic amines) is 1. The fraction of sp³-hybridized carbons (Fsp3) is 0.615. The zero-order chi connectivity index (χ0) is 14.7. The van der Waals surface area contributed by atoms with Crippen LogP contribution in [0.1, 0.15) is 18.5 Å². The summed E-state index contributed by atoms with van der Waals surface area (Å²) in [7, 11) is 3.47. The summed E-state index contributed by atoms with van der Waals surface area (Å²) in [6.07, 6.45) is 1.38. The van der Waals surface area contributed by atoms with E-state index in [2.05, 4.69) is 15.5 Å². The van der Waals surface area contributed by atoms with Gasteiger partial charge in [0, 0.05) is 44.9 Å². The second kappa shape index (κ2) is 5.94. The topological polar surface area (TPSA) is 81.3 Å². The van der Waals surface area contributed by atoms with Gasteiger partial charge < -0.3 is 15.1 Å². The van der Waals surface area contributed by atoms with Gasteiger partial charge in [-0.15, -0.1) is 0 Å². The molecule has 7 nitrogen and oxygen atoms in total. The standard InChI is InChI=1S/C13H21N5O2/c1-9-8-11(16-15-9)14-12(19)10-4-6-18(7-5-10)13(20)17(2)3/h8,10H,4-7H2,1-3H3,(H2,14,15,16,19). The fourth-order valence-corrected chi connectivity index (χ4v) is 2.33. The summed E-state index contributed by atoms with van der Waals surface area (Å²) in [5.41, 5.74) is 0.909. The molecule has 0 atom stereocenters. The molecule has 1 fully saturated rings. The normalized spacial score (nSPS) is 16.1. The summed E-state index contributed by atoms with van der Waals surface area (Å²) in [4.78, 5) is 27.3. The summed E-state index contributed by atoms with van der Waals surface area (Å²) in [5.74, 6) is 0.478. The average molecular weight is 279 g/mol. The molecule has 0 saturated carbocycles. The van der Waals surface area contributed by atoms with Crippen LogP contribution < -0.4 is 5.32 Å². The van der Waals surface area contributed by atoms with Gasteiger partial charge in [0.05, 0.1) is 0 Å². The highest BCUT2D eigenvalue weighted by Crippen LogP contribution is 2.19. The van der Waals surface area contributed by atoms with Crippen molar-refractivity contribution in [3.8, 4) is 0 Å². The monoisotopic (exact) mass is 279 g/mol. The highest BCUT2D eigenvalue weighted by molar-refractivity contribution is 5.91. The molecule has 7 heteroatoms. The number of H-pyrrole nitrogens is 1. The number of nitrogens with zero attached hydrogens (tertiary/aromatic N) is 3. The third kappa shape index (κ3) is 3.28. The quantitative estimate of drug-likeness (QED) is 0.849. The molecule has 0 spiro atoms. The largest absolute Gasteiger partial charge is 0.331 e. The smallest absolute Gasteiger partial charge is 0.319 e. The molecule has 2 heterocycles. The fourth-order valence-electron chi connectivity index (χ4n) is 2.33. The first-order valence-electron chi connectivity index (χ1n) is 6.76. The summed E-state index contributed by atoms with van der Waals surface area (Å²) >= 11 is 0. The minimum Gasteiger partial charge on any atom is -0.331 e. The van der Waals surface area contributed by atoms with E-state index in [1.807, 2.05) is 6.92 Å². The Hall–Kier alpha value is -2.05. The van der Waals surface area contributed by atoms with Gasteiger partial charge in [-0.3, -0.25) is 9.89 Å². The number of carbonyl (C=O) groups is 2. The van der Waals surface area contributed by atoms with Gasteiger partial charge in [0.15, 0.2) is 5.82 Å². The van der Waals surface area contributed by atoms with E-state index in [0.29, 0.717) is 31.7 Å². The maximum Gasteiger partial charge on any atom is 0.319 e. The third-order valence-corrected chi connectivity index (χ3v) is 3.48. The lowest BCUT2D eigenvalue weighted by Gasteiger charge is -2.32. The van der Waals surface area contributed by atoms with Crippen LogP contribution in [0.25, 0.3) is 0 Å². The van der Waals surface area contributed by atoms with Gasteiger partial charge in [-0.2, -0.15) is 5.10 Å². The summed E-state index contributed by atoms with van der Waals surface area (Å²) in [5, 5.41) is 9.58. The van der Waals surface area contributed by atoms with Crippen molar-refractivity contribution in [2.45, 2.75) is 19.8 Å². The maximum absolute atomic E-state index is 12.1. The number of aromatic amines is 1. The molecule has 2 N–H and O–H groups in total. The third-order valence-electron chi connectivity index (χ3n) is 3.48. The van der Waals surface area contributed by atoms with Gasteiger partial charge >= 0.3 is 6.03 Å². The average Bonchev–Trinajstić information content (AvgIpc) is 2.83. The molecule has 0 aromatic carbocycles. The van der Waals surface area contributed by atoms with E-state index in [9.17, 15) is 9.59 Å². The Kier molecular flexibility index (Phi) is 4.26. The lowest BCUT2D eigenvalue weighted by atomic mass is 9.96. The number of aromatic nitrogens is 2. The van der Waals surface area contributed by atoms with Crippen LogP contribution in [0.15, 0.2) is 6.07 Å². The van der Waals surface area contributed by atoms with Crippen LogP contribution in [0.4, 0.5) is 10.6 Å². The van der Waals surface area contributed by atoms with E-state index in [0.717, 1.165) is 5.69 Å². The predicted molar refractivity (Wildman–Crippen MR) is 75.3 cm³/mol. The van der Waals surface area contributed by atoms with E-state index < -0.39 is 0 Å². The van der Waals surface area contributed by atoms with Gasteiger partial charge in [0.1, 0.15) is 0 Å². The number of piperidine rings is 1. The molecule has 2 rings (SSSR count). The Morgan fingerprint density at radius 3 is 2.55 bits per heavy atom. The van der Waals surface area contributed by atoms with Crippen molar-refractivity contribution in [1.82, 2.24) is 20.0 Å². The first-order chi connectivity index (χ1) is 9.47. The highest BCUT2D eigenvalue weighted by atomic mass is 16.2. The molecule has 1 aromatic heterocycles. The summed E-state index contributed by atoms with van der Waals surface area (Å²) < 4.78 is 0. The molecule has 1 saturated heterocycles. The van der Waals surface area contributed by atoms with E-state index in [4.69, 9.17) is 0 Å². The number of anilines is 1. The molecule has 0 unspecified atom stereocenters. The lowest BCUT2D eigenvalue weighted by molar-refractivity contribution is -0.121. The summed E-state index contributed by atoms with van der Waals surface area (Å²) in [6, 6.07) is 1.80. The Morgan fingerprint density at radius 1 is 1.40 bits per heavy atom. The molecule has 0 aliphatic carbocycles. The van der Waals surface area contributed by atoms with Crippen LogP contribution in [0.2, 0.25) is 0 Å². The Labute approximate surface area is 118 Å². The SMILES string of the molecule is Cc1cc(NC(=O)C2CCN(C(=O)N(C)C)CC2)n[nH]1. The lowest BCUT2D eigenvalue weighted by Crippen LogP contribution is -2.45. The second-order valence-corrected chi connectivity index (χ2v) is 5.36. The van der Waals surface area contributed by atoms with Crippen molar-refractivity contribution in [3.05, 3.63) is 11.8 Å². The van der Waals surface area contributed by atoms with Crippen molar-refractivity contribution in [2.75, 3.05) is 32.5 Å². The van der Waals surface area contributed by atoms with Crippen LogP contribution in [0.5, 0.6) is 0 Å². The van der Waals surface area contributed by atoms with E-state index >= 15 is 0 Å². The van der Waals surface area contributed by atoms with Crippen molar-refractivity contribution < 1.29 is 9.59 Å². The van der Waals surface area contributed by atoms with Crippen molar-refractivity contribution in [1.29, 1.82) is 0 Å². The van der Waals surface area contributed by atoms with Gasteiger partial charge in [0.25, 0.3) is 0 Å². The van der Waals surface area contributed by atoms with Crippen LogP contribution in [-0.4, -0.2) is 59.1 Å². The molecule has 1 aromatic rings. The van der Waals surface area contributed by atoms with Crippen LogP contribution in [-0.2, 0) is 4.79 Å². The molecular weight excluding hydrogens is 258 g/mol. The first-order valence-corrected chi connectivity index (χ1v) is 6.76.